The molecule has 132 valence electrons. The molecule has 0 spiro atoms. The molecule has 4 aromatic heterocycles. The van der Waals surface area contributed by atoms with Gasteiger partial charge in [0.15, 0.2) is 5.82 Å². The van der Waals surface area contributed by atoms with E-state index in [1.165, 1.54) is 5.56 Å². The standard InChI is InChI=1S/C19H16N8/c1-2-8-20-16(6-1)18-25-15-7-3-5-14(15)17(26-18)24-13-11-23-27(12-13)19-21-9-4-10-22-19/h1-2,4,6,8-12H,3,5,7H2,(H,24,25,26). The molecule has 0 radical (unpaired) electrons. The van der Waals surface area contributed by atoms with Gasteiger partial charge in [0, 0.05) is 29.8 Å². The molecule has 4 aromatic rings. The summed E-state index contributed by atoms with van der Waals surface area (Å²) in [4.78, 5) is 22.3. The van der Waals surface area contributed by atoms with Crippen LogP contribution in [-0.4, -0.2) is 34.7 Å². The van der Waals surface area contributed by atoms with Crippen molar-refractivity contribution in [2.24, 2.45) is 0 Å². The van der Waals surface area contributed by atoms with Crippen molar-refractivity contribution in [2.75, 3.05) is 5.32 Å². The molecule has 8 nitrogen and oxygen atoms in total. The van der Waals surface area contributed by atoms with Gasteiger partial charge in [0.2, 0.25) is 5.95 Å². The van der Waals surface area contributed by atoms with E-state index < -0.39 is 0 Å². The van der Waals surface area contributed by atoms with Crippen molar-refractivity contribution < 1.29 is 0 Å². The monoisotopic (exact) mass is 356 g/mol. The summed E-state index contributed by atoms with van der Waals surface area (Å²) in [5, 5.41) is 7.72. The lowest BCUT2D eigenvalue weighted by Crippen LogP contribution is -2.04. The van der Waals surface area contributed by atoms with Gasteiger partial charge in [-0.05, 0) is 37.5 Å². The van der Waals surface area contributed by atoms with Crippen LogP contribution in [0.5, 0.6) is 0 Å². The second-order valence-corrected chi connectivity index (χ2v) is 6.24. The van der Waals surface area contributed by atoms with E-state index in [2.05, 4.69) is 25.4 Å². The fraction of sp³-hybridized carbons (Fsp3) is 0.158. The molecule has 0 fully saturated rings. The lowest BCUT2D eigenvalue weighted by atomic mass is 10.2. The van der Waals surface area contributed by atoms with Crippen LogP contribution in [0.3, 0.4) is 0 Å². The maximum atomic E-state index is 4.74. The summed E-state index contributed by atoms with van der Waals surface area (Å²) in [5.74, 6) is 1.97. The minimum atomic E-state index is 0.521. The van der Waals surface area contributed by atoms with Crippen LogP contribution in [0, 0.1) is 0 Å². The van der Waals surface area contributed by atoms with E-state index in [0.29, 0.717) is 11.8 Å². The smallest absolute Gasteiger partial charge is 0.250 e. The number of rotatable bonds is 4. The zero-order chi connectivity index (χ0) is 18.1. The average molecular weight is 356 g/mol. The van der Waals surface area contributed by atoms with Gasteiger partial charge in [-0.2, -0.15) is 5.10 Å². The lowest BCUT2D eigenvalue weighted by Gasteiger charge is -2.10. The van der Waals surface area contributed by atoms with Gasteiger partial charge in [-0.15, -0.1) is 0 Å². The van der Waals surface area contributed by atoms with Crippen LogP contribution in [0.2, 0.25) is 0 Å². The fourth-order valence-corrected chi connectivity index (χ4v) is 3.19. The molecule has 1 aliphatic carbocycles. The van der Waals surface area contributed by atoms with Crippen molar-refractivity contribution in [3.63, 3.8) is 0 Å². The molecule has 5 rings (SSSR count). The van der Waals surface area contributed by atoms with Crippen molar-refractivity contribution >= 4 is 11.5 Å². The number of pyridine rings is 1. The molecule has 0 saturated carbocycles. The molecule has 0 saturated heterocycles. The molecule has 27 heavy (non-hydrogen) atoms. The zero-order valence-electron chi connectivity index (χ0n) is 14.4. The molecular weight excluding hydrogens is 340 g/mol. The van der Waals surface area contributed by atoms with Gasteiger partial charge in [-0.25, -0.2) is 24.6 Å². The molecule has 1 aliphatic rings. The van der Waals surface area contributed by atoms with Crippen LogP contribution in [0.4, 0.5) is 11.5 Å². The van der Waals surface area contributed by atoms with Crippen LogP contribution in [0.1, 0.15) is 17.7 Å². The molecule has 8 heteroatoms. The number of fused-ring (bicyclic) bond motifs is 1. The molecule has 0 aliphatic heterocycles. The third-order valence-electron chi connectivity index (χ3n) is 4.43. The summed E-state index contributed by atoms with van der Waals surface area (Å²) in [6.07, 6.45) is 11.7. The molecule has 4 heterocycles. The van der Waals surface area contributed by atoms with E-state index in [9.17, 15) is 0 Å². The second-order valence-electron chi connectivity index (χ2n) is 6.24. The van der Waals surface area contributed by atoms with E-state index in [1.807, 2.05) is 24.4 Å². The van der Waals surface area contributed by atoms with Gasteiger partial charge in [-0.1, -0.05) is 6.07 Å². The van der Waals surface area contributed by atoms with E-state index >= 15 is 0 Å². The Morgan fingerprint density at radius 2 is 1.81 bits per heavy atom. The first-order valence-corrected chi connectivity index (χ1v) is 8.77. The number of nitrogens with zero attached hydrogens (tertiary/aromatic N) is 7. The van der Waals surface area contributed by atoms with Gasteiger partial charge in [-0.3, -0.25) is 4.98 Å². The Bertz CT molecular complexity index is 1080. The highest BCUT2D eigenvalue weighted by atomic mass is 15.3. The number of aryl methyl sites for hydroxylation is 1. The van der Waals surface area contributed by atoms with E-state index in [0.717, 1.165) is 42.2 Å². The summed E-state index contributed by atoms with van der Waals surface area (Å²) in [6.45, 7) is 0. The lowest BCUT2D eigenvalue weighted by molar-refractivity contribution is 0.808. The van der Waals surface area contributed by atoms with Crippen molar-refractivity contribution in [3.05, 3.63) is 66.5 Å². The van der Waals surface area contributed by atoms with Gasteiger partial charge < -0.3 is 5.32 Å². The first-order valence-electron chi connectivity index (χ1n) is 8.77. The predicted molar refractivity (Wildman–Crippen MR) is 99.7 cm³/mol. The van der Waals surface area contributed by atoms with E-state index in [-0.39, 0.29) is 0 Å². The Kier molecular flexibility index (Phi) is 3.78. The molecular formula is C19H16N8. The fourth-order valence-electron chi connectivity index (χ4n) is 3.19. The topological polar surface area (TPSA) is 94.3 Å². The highest BCUT2D eigenvalue weighted by Crippen LogP contribution is 2.30. The average Bonchev–Trinajstić information content (AvgIpc) is 3.39. The highest BCUT2D eigenvalue weighted by molar-refractivity contribution is 5.63. The van der Waals surface area contributed by atoms with Crippen LogP contribution in [-0.2, 0) is 12.8 Å². The minimum absolute atomic E-state index is 0.521. The Morgan fingerprint density at radius 1 is 0.926 bits per heavy atom. The Labute approximate surface area is 155 Å². The van der Waals surface area contributed by atoms with Crippen LogP contribution < -0.4 is 5.32 Å². The van der Waals surface area contributed by atoms with Crippen LogP contribution in [0.15, 0.2) is 55.2 Å². The third-order valence-corrected chi connectivity index (χ3v) is 4.43. The first kappa shape index (κ1) is 15.6. The second kappa shape index (κ2) is 6.56. The summed E-state index contributed by atoms with van der Waals surface area (Å²) >= 11 is 0. The van der Waals surface area contributed by atoms with Gasteiger partial charge in [0.1, 0.15) is 11.5 Å². The minimum Gasteiger partial charge on any atom is -0.337 e. The number of hydrogen-bond acceptors (Lipinski definition) is 7. The van der Waals surface area contributed by atoms with Gasteiger partial charge in [0.25, 0.3) is 0 Å². The number of aromatic nitrogens is 7. The summed E-state index contributed by atoms with van der Waals surface area (Å²) in [7, 11) is 0. The molecule has 0 atom stereocenters. The van der Waals surface area contributed by atoms with Crippen molar-refractivity contribution in [2.45, 2.75) is 19.3 Å². The van der Waals surface area contributed by atoms with Gasteiger partial charge >= 0.3 is 0 Å². The molecule has 0 bridgehead atoms. The number of anilines is 2. The normalized spacial score (nSPS) is 12.7. The van der Waals surface area contributed by atoms with Crippen molar-refractivity contribution in [1.29, 1.82) is 0 Å². The van der Waals surface area contributed by atoms with Crippen molar-refractivity contribution in [1.82, 2.24) is 34.7 Å². The van der Waals surface area contributed by atoms with E-state index in [4.69, 9.17) is 9.97 Å². The van der Waals surface area contributed by atoms with Crippen LogP contribution >= 0.6 is 0 Å². The Morgan fingerprint density at radius 3 is 2.67 bits per heavy atom. The zero-order valence-corrected chi connectivity index (χ0v) is 14.4. The molecule has 0 unspecified atom stereocenters. The number of nitrogens with one attached hydrogen (secondary N) is 1. The quantitative estimate of drug-likeness (QED) is 0.601. The molecule has 1 N–H and O–H groups in total. The summed E-state index contributed by atoms with van der Waals surface area (Å²) < 4.78 is 1.63. The van der Waals surface area contributed by atoms with Crippen LogP contribution in [0.25, 0.3) is 17.5 Å². The van der Waals surface area contributed by atoms with Crippen molar-refractivity contribution in [3.8, 4) is 17.5 Å². The maximum Gasteiger partial charge on any atom is 0.250 e. The SMILES string of the molecule is c1ccc(-c2nc3c(c(Nc4cnn(-c5ncccn5)c4)n2)CCC3)nc1. The highest BCUT2D eigenvalue weighted by Gasteiger charge is 2.20. The van der Waals surface area contributed by atoms with Gasteiger partial charge in [0.05, 0.1) is 18.1 Å². The molecule has 0 aromatic carbocycles. The Hall–Kier alpha value is -3.68. The molecule has 0 amide bonds. The largest absolute Gasteiger partial charge is 0.337 e. The number of hydrogen-bond donors (Lipinski definition) is 1. The maximum absolute atomic E-state index is 4.74. The predicted octanol–water partition coefficient (Wildman–Crippen LogP) is 2.75. The first-order chi connectivity index (χ1) is 13.4. The summed E-state index contributed by atoms with van der Waals surface area (Å²) in [6, 6.07) is 7.52. The third kappa shape index (κ3) is 3.01. The van der Waals surface area contributed by atoms with E-state index in [1.54, 1.807) is 35.5 Å². The Balaban J connectivity index is 1.50. The summed E-state index contributed by atoms with van der Waals surface area (Å²) in [5.41, 5.74) is 3.84.